The Kier molecular flexibility index (Phi) is 3.33. The largest absolute Gasteiger partial charge is 0.493 e. The van der Waals surface area contributed by atoms with Crippen LogP contribution in [0.5, 0.6) is 5.88 Å². The number of aryl methyl sites for hydroxylation is 1. The molecule has 0 spiro atoms. The van der Waals surface area contributed by atoms with Gasteiger partial charge >= 0.3 is 5.97 Å². The molecule has 2 aromatic rings. The van der Waals surface area contributed by atoms with E-state index in [0.29, 0.717) is 5.56 Å². The summed E-state index contributed by atoms with van der Waals surface area (Å²) in [6.07, 6.45) is 0. The van der Waals surface area contributed by atoms with Crippen molar-refractivity contribution in [1.29, 1.82) is 0 Å². The van der Waals surface area contributed by atoms with Crippen LogP contribution >= 0.6 is 0 Å². The standard InChI is InChI=1S/C13H12N2O4/c1-7-4-3-5-8(6-7)9-11(16)14-10(13(18)19-2)15-12(9)17/h3-6H,1-2H3,(H2,14,15,16,17). The molecule has 2 rings (SSSR count). The molecule has 0 radical (unpaired) electrons. The lowest BCUT2D eigenvalue weighted by molar-refractivity contribution is 0.0585. The van der Waals surface area contributed by atoms with Gasteiger partial charge in [-0.05, 0) is 12.5 Å². The third-order valence-corrected chi connectivity index (χ3v) is 2.59. The van der Waals surface area contributed by atoms with Crippen LogP contribution in [0.3, 0.4) is 0 Å². The van der Waals surface area contributed by atoms with Gasteiger partial charge in [0.25, 0.3) is 5.56 Å². The number of rotatable bonds is 2. The number of H-pyrrole nitrogens is 1. The van der Waals surface area contributed by atoms with Gasteiger partial charge < -0.3 is 14.8 Å². The molecule has 2 N–H and O–H groups in total. The van der Waals surface area contributed by atoms with Crippen LogP contribution in [-0.2, 0) is 4.74 Å². The maximum atomic E-state index is 11.9. The number of hydrogen-bond acceptors (Lipinski definition) is 5. The molecule has 1 heterocycles. The monoisotopic (exact) mass is 260 g/mol. The van der Waals surface area contributed by atoms with E-state index < -0.39 is 17.4 Å². The van der Waals surface area contributed by atoms with Crippen LogP contribution < -0.4 is 5.56 Å². The summed E-state index contributed by atoms with van der Waals surface area (Å²) in [7, 11) is 1.16. The Morgan fingerprint density at radius 3 is 2.74 bits per heavy atom. The number of hydrogen-bond donors (Lipinski definition) is 2. The Hall–Kier alpha value is -2.63. The SMILES string of the molecule is COC(=O)c1nc(O)c(-c2cccc(C)c2)c(=O)[nH]1. The molecular weight excluding hydrogens is 248 g/mol. The van der Waals surface area contributed by atoms with Gasteiger partial charge in [0.1, 0.15) is 5.56 Å². The number of nitrogens with zero attached hydrogens (tertiary/aromatic N) is 1. The summed E-state index contributed by atoms with van der Waals surface area (Å²) in [4.78, 5) is 29.1. The molecule has 0 saturated heterocycles. The van der Waals surface area contributed by atoms with Gasteiger partial charge in [-0.25, -0.2) is 4.79 Å². The summed E-state index contributed by atoms with van der Waals surface area (Å²) in [5, 5.41) is 9.82. The van der Waals surface area contributed by atoms with Crippen molar-refractivity contribution in [3.63, 3.8) is 0 Å². The lowest BCUT2D eigenvalue weighted by Gasteiger charge is -2.05. The van der Waals surface area contributed by atoms with Gasteiger partial charge in [0.15, 0.2) is 0 Å². The smallest absolute Gasteiger partial charge is 0.374 e. The topological polar surface area (TPSA) is 92.3 Å². The van der Waals surface area contributed by atoms with E-state index in [1.165, 1.54) is 0 Å². The number of aromatic amines is 1. The number of ether oxygens (including phenoxy) is 1. The zero-order valence-corrected chi connectivity index (χ0v) is 10.4. The quantitative estimate of drug-likeness (QED) is 0.792. The molecule has 0 aliphatic rings. The first-order chi connectivity index (χ1) is 9.02. The molecule has 0 bridgehead atoms. The molecule has 0 atom stereocenters. The number of nitrogens with one attached hydrogen (secondary N) is 1. The van der Waals surface area contributed by atoms with E-state index in [9.17, 15) is 14.7 Å². The molecule has 0 saturated carbocycles. The number of carbonyl (C=O) groups is 1. The molecule has 98 valence electrons. The minimum absolute atomic E-state index is 0.0244. The number of aromatic hydroxyl groups is 1. The van der Waals surface area contributed by atoms with Crippen LogP contribution in [0, 0.1) is 6.92 Å². The Balaban J connectivity index is 2.60. The van der Waals surface area contributed by atoms with E-state index in [-0.39, 0.29) is 11.4 Å². The highest BCUT2D eigenvalue weighted by Gasteiger charge is 2.17. The molecule has 19 heavy (non-hydrogen) atoms. The summed E-state index contributed by atoms with van der Waals surface area (Å²) < 4.78 is 4.43. The average Bonchev–Trinajstić information content (AvgIpc) is 2.37. The second kappa shape index (κ2) is 4.93. The number of esters is 1. The van der Waals surface area contributed by atoms with Crippen molar-refractivity contribution < 1.29 is 14.6 Å². The molecule has 0 unspecified atom stereocenters. The van der Waals surface area contributed by atoms with Crippen molar-refractivity contribution in [2.45, 2.75) is 6.92 Å². The Bertz CT molecular complexity index is 691. The Morgan fingerprint density at radius 2 is 2.16 bits per heavy atom. The van der Waals surface area contributed by atoms with E-state index in [0.717, 1.165) is 12.7 Å². The fourth-order valence-electron chi connectivity index (χ4n) is 1.72. The van der Waals surface area contributed by atoms with E-state index in [1.807, 2.05) is 13.0 Å². The molecular formula is C13H12N2O4. The lowest BCUT2D eigenvalue weighted by atomic mass is 10.1. The molecule has 0 aliphatic carbocycles. The van der Waals surface area contributed by atoms with Crippen molar-refractivity contribution in [3.8, 4) is 17.0 Å². The zero-order valence-electron chi connectivity index (χ0n) is 10.4. The van der Waals surface area contributed by atoms with E-state index >= 15 is 0 Å². The van der Waals surface area contributed by atoms with Crippen LogP contribution in [-0.4, -0.2) is 28.2 Å². The third-order valence-electron chi connectivity index (χ3n) is 2.59. The minimum Gasteiger partial charge on any atom is -0.493 e. The maximum Gasteiger partial charge on any atom is 0.374 e. The first-order valence-electron chi connectivity index (χ1n) is 5.51. The normalized spacial score (nSPS) is 10.2. The summed E-state index contributed by atoms with van der Waals surface area (Å²) in [5.41, 5.74) is 0.894. The van der Waals surface area contributed by atoms with Crippen molar-refractivity contribution in [3.05, 3.63) is 46.0 Å². The van der Waals surface area contributed by atoms with Gasteiger partial charge in [0.2, 0.25) is 11.7 Å². The van der Waals surface area contributed by atoms with Gasteiger partial charge in [-0.1, -0.05) is 29.8 Å². The van der Waals surface area contributed by atoms with Crippen molar-refractivity contribution in [2.24, 2.45) is 0 Å². The van der Waals surface area contributed by atoms with Crippen LogP contribution in [0.15, 0.2) is 29.1 Å². The highest BCUT2D eigenvalue weighted by Crippen LogP contribution is 2.23. The van der Waals surface area contributed by atoms with Crippen molar-refractivity contribution in [2.75, 3.05) is 7.11 Å². The molecule has 1 aromatic carbocycles. The molecule has 6 nitrogen and oxygen atoms in total. The summed E-state index contributed by atoms with van der Waals surface area (Å²) in [6, 6.07) is 7.04. The molecule has 0 amide bonds. The van der Waals surface area contributed by atoms with E-state index in [1.54, 1.807) is 18.2 Å². The summed E-state index contributed by atoms with van der Waals surface area (Å²) >= 11 is 0. The van der Waals surface area contributed by atoms with Gasteiger partial charge in [-0.15, -0.1) is 0 Å². The van der Waals surface area contributed by atoms with Gasteiger partial charge in [-0.3, -0.25) is 4.79 Å². The van der Waals surface area contributed by atoms with Gasteiger partial charge in [0, 0.05) is 0 Å². The van der Waals surface area contributed by atoms with Gasteiger partial charge in [0.05, 0.1) is 7.11 Å². The average molecular weight is 260 g/mol. The van der Waals surface area contributed by atoms with Crippen LogP contribution in [0.1, 0.15) is 16.2 Å². The third kappa shape index (κ3) is 2.47. The lowest BCUT2D eigenvalue weighted by Crippen LogP contribution is -2.18. The molecule has 1 aromatic heterocycles. The molecule has 0 fully saturated rings. The summed E-state index contributed by atoms with van der Waals surface area (Å²) in [5.74, 6) is -1.65. The molecule has 0 aliphatic heterocycles. The second-order valence-corrected chi connectivity index (χ2v) is 3.97. The predicted molar refractivity (Wildman–Crippen MR) is 68.0 cm³/mol. The fraction of sp³-hybridized carbons (Fsp3) is 0.154. The fourth-order valence-corrected chi connectivity index (χ4v) is 1.72. The zero-order chi connectivity index (χ0) is 14.0. The second-order valence-electron chi connectivity index (χ2n) is 3.97. The van der Waals surface area contributed by atoms with E-state index in [4.69, 9.17) is 0 Å². The van der Waals surface area contributed by atoms with Crippen LogP contribution in [0.2, 0.25) is 0 Å². The number of carbonyl (C=O) groups excluding carboxylic acids is 1. The maximum absolute atomic E-state index is 11.9. The highest BCUT2D eigenvalue weighted by atomic mass is 16.5. The van der Waals surface area contributed by atoms with E-state index in [2.05, 4.69) is 14.7 Å². The number of methoxy groups -OCH3 is 1. The minimum atomic E-state index is -0.816. The highest BCUT2D eigenvalue weighted by molar-refractivity contribution is 5.85. The Morgan fingerprint density at radius 1 is 1.42 bits per heavy atom. The Labute approximate surface area is 108 Å². The molecule has 6 heteroatoms. The first kappa shape index (κ1) is 12.8. The van der Waals surface area contributed by atoms with Crippen molar-refractivity contribution in [1.82, 2.24) is 9.97 Å². The number of benzene rings is 1. The first-order valence-corrected chi connectivity index (χ1v) is 5.51. The van der Waals surface area contributed by atoms with Crippen LogP contribution in [0.25, 0.3) is 11.1 Å². The van der Waals surface area contributed by atoms with Crippen molar-refractivity contribution >= 4 is 5.97 Å². The predicted octanol–water partition coefficient (Wildman–Crippen LogP) is 1.24. The van der Waals surface area contributed by atoms with Crippen LogP contribution in [0.4, 0.5) is 0 Å². The summed E-state index contributed by atoms with van der Waals surface area (Å²) in [6.45, 7) is 1.87. The van der Waals surface area contributed by atoms with Gasteiger partial charge in [-0.2, -0.15) is 4.98 Å². The number of aromatic nitrogens is 2.